The van der Waals surface area contributed by atoms with E-state index < -0.39 is 11.8 Å². The minimum absolute atomic E-state index is 0.226. The normalized spacial score (nSPS) is 14.6. The van der Waals surface area contributed by atoms with E-state index in [2.05, 4.69) is 0 Å². The van der Waals surface area contributed by atoms with Gasteiger partial charge in [0, 0.05) is 5.92 Å². The van der Waals surface area contributed by atoms with Crippen molar-refractivity contribution < 1.29 is 14.3 Å². The zero-order chi connectivity index (χ0) is 11.5. The van der Waals surface area contributed by atoms with E-state index in [1.807, 2.05) is 24.3 Å². The number of ether oxygens (including phenoxy) is 1. The Morgan fingerprint density at radius 1 is 1.25 bits per heavy atom. The van der Waals surface area contributed by atoms with E-state index in [0.29, 0.717) is 12.8 Å². The molecule has 0 aliphatic heterocycles. The van der Waals surface area contributed by atoms with E-state index in [0.717, 1.165) is 0 Å². The Morgan fingerprint density at radius 3 is 2.31 bits per heavy atom. The standard InChI is InChI=1S/C13H14O3/c1-2-16-13(15)12(14)11-7-9-5-3-4-6-10(9)8-11/h3-6,11H,2,7-8H2,1H3. The van der Waals surface area contributed by atoms with Gasteiger partial charge in [-0.3, -0.25) is 4.79 Å². The Labute approximate surface area is 94.4 Å². The third-order valence-electron chi connectivity index (χ3n) is 2.90. The zero-order valence-electron chi connectivity index (χ0n) is 9.23. The van der Waals surface area contributed by atoms with Crippen molar-refractivity contribution in [3.05, 3.63) is 35.4 Å². The molecule has 3 heteroatoms. The molecule has 1 aliphatic carbocycles. The van der Waals surface area contributed by atoms with Crippen molar-refractivity contribution in [3.63, 3.8) is 0 Å². The predicted octanol–water partition coefficient (Wildman–Crippen LogP) is 1.53. The summed E-state index contributed by atoms with van der Waals surface area (Å²) >= 11 is 0. The molecule has 1 aromatic carbocycles. The summed E-state index contributed by atoms with van der Waals surface area (Å²) in [5.41, 5.74) is 2.34. The van der Waals surface area contributed by atoms with Crippen LogP contribution in [0.25, 0.3) is 0 Å². The highest BCUT2D eigenvalue weighted by molar-refractivity contribution is 6.34. The van der Waals surface area contributed by atoms with Gasteiger partial charge in [0.05, 0.1) is 6.61 Å². The summed E-state index contributed by atoms with van der Waals surface area (Å²) in [7, 11) is 0. The SMILES string of the molecule is CCOC(=O)C(=O)C1Cc2ccccc2C1. The molecule has 16 heavy (non-hydrogen) atoms. The highest BCUT2D eigenvalue weighted by Crippen LogP contribution is 2.27. The van der Waals surface area contributed by atoms with Crippen LogP contribution in [0.4, 0.5) is 0 Å². The number of carbonyl (C=O) groups excluding carboxylic acids is 2. The molecular formula is C13H14O3. The molecule has 0 aromatic heterocycles. The lowest BCUT2D eigenvalue weighted by atomic mass is 10.0. The van der Waals surface area contributed by atoms with E-state index in [1.165, 1.54) is 11.1 Å². The van der Waals surface area contributed by atoms with E-state index in [4.69, 9.17) is 4.74 Å². The average Bonchev–Trinajstić information content (AvgIpc) is 2.71. The molecule has 3 nitrogen and oxygen atoms in total. The molecule has 0 unspecified atom stereocenters. The third kappa shape index (κ3) is 1.98. The number of ketones is 1. The fourth-order valence-electron chi connectivity index (χ4n) is 2.11. The maximum atomic E-state index is 11.7. The van der Waals surface area contributed by atoms with Gasteiger partial charge in [0.2, 0.25) is 5.78 Å². The minimum Gasteiger partial charge on any atom is -0.460 e. The molecule has 1 aromatic rings. The Kier molecular flexibility index (Phi) is 3.04. The lowest BCUT2D eigenvalue weighted by Crippen LogP contribution is -2.26. The molecule has 1 aliphatic rings. The number of fused-ring (bicyclic) bond motifs is 1. The number of carbonyl (C=O) groups is 2. The van der Waals surface area contributed by atoms with Crippen LogP contribution in [0.3, 0.4) is 0 Å². The summed E-state index contributed by atoms with van der Waals surface area (Å²) < 4.78 is 4.73. The molecule has 0 amide bonds. The van der Waals surface area contributed by atoms with E-state index in [-0.39, 0.29) is 12.5 Å². The zero-order valence-corrected chi connectivity index (χ0v) is 9.23. The van der Waals surface area contributed by atoms with Gasteiger partial charge in [-0.25, -0.2) is 4.79 Å². The van der Waals surface area contributed by atoms with E-state index in [1.54, 1.807) is 6.92 Å². The topological polar surface area (TPSA) is 43.4 Å². The largest absolute Gasteiger partial charge is 0.460 e. The van der Waals surface area contributed by atoms with Crippen molar-refractivity contribution in [1.29, 1.82) is 0 Å². The lowest BCUT2D eigenvalue weighted by Gasteiger charge is -2.06. The van der Waals surface area contributed by atoms with Gasteiger partial charge in [-0.1, -0.05) is 24.3 Å². The highest BCUT2D eigenvalue weighted by Gasteiger charge is 2.31. The first-order chi connectivity index (χ1) is 7.72. The number of benzene rings is 1. The summed E-state index contributed by atoms with van der Waals surface area (Å²) in [6.45, 7) is 1.96. The maximum absolute atomic E-state index is 11.7. The van der Waals surface area contributed by atoms with Crippen LogP contribution in [0.15, 0.2) is 24.3 Å². The van der Waals surface area contributed by atoms with Gasteiger partial charge in [0.15, 0.2) is 0 Å². The molecule has 0 atom stereocenters. The molecule has 0 radical (unpaired) electrons. The number of hydrogen-bond donors (Lipinski definition) is 0. The smallest absolute Gasteiger partial charge is 0.374 e. The Bertz CT molecular complexity index is 398. The summed E-state index contributed by atoms with van der Waals surface area (Å²) in [5.74, 6) is -1.31. The molecule has 0 heterocycles. The first-order valence-electron chi connectivity index (χ1n) is 5.50. The maximum Gasteiger partial charge on any atom is 0.374 e. The van der Waals surface area contributed by atoms with Gasteiger partial charge in [-0.15, -0.1) is 0 Å². The minimum atomic E-state index is -0.694. The summed E-state index contributed by atoms with van der Waals surface area (Å²) in [5, 5.41) is 0. The van der Waals surface area contributed by atoms with Gasteiger partial charge in [0.1, 0.15) is 0 Å². The van der Waals surface area contributed by atoms with Crippen molar-refractivity contribution in [3.8, 4) is 0 Å². The molecule has 84 valence electrons. The quantitative estimate of drug-likeness (QED) is 0.571. The molecule has 2 rings (SSSR count). The van der Waals surface area contributed by atoms with Gasteiger partial charge in [-0.2, -0.15) is 0 Å². The van der Waals surface area contributed by atoms with Crippen LogP contribution in [-0.2, 0) is 27.2 Å². The number of esters is 1. The summed E-state index contributed by atoms with van der Waals surface area (Å²) in [6, 6.07) is 7.92. The fraction of sp³-hybridized carbons (Fsp3) is 0.385. The first-order valence-corrected chi connectivity index (χ1v) is 5.50. The van der Waals surface area contributed by atoms with Gasteiger partial charge >= 0.3 is 5.97 Å². The van der Waals surface area contributed by atoms with Crippen molar-refractivity contribution >= 4 is 11.8 Å². The molecule has 0 N–H and O–H groups in total. The Morgan fingerprint density at radius 2 is 1.81 bits per heavy atom. The Hall–Kier alpha value is -1.64. The molecule has 0 bridgehead atoms. The molecular weight excluding hydrogens is 204 g/mol. The molecule has 0 saturated heterocycles. The van der Waals surface area contributed by atoms with Crippen LogP contribution in [-0.4, -0.2) is 18.4 Å². The number of rotatable bonds is 3. The second kappa shape index (κ2) is 4.47. The van der Waals surface area contributed by atoms with E-state index in [9.17, 15) is 9.59 Å². The summed E-state index contributed by atoms with van der Waals surface area (Å²) in [6.07, 6.45) is 1.32. The van der Waals surface area contributed by atoms with Gasteiger partial charge < -0.3 is 4.74 Å². The van der Waals surface area contributed by atoms with Crippen molar-refractivity contribution in [2.75, 3.05) is 6.61 Å². The predicted molar refractivity (Wildman–Crippen MR) is 59.0 cm³/mol. The van der Waals surface area contributed by atoms with E-state index >= 15 is 0 Å². The lowest BCUT2D eigenvalue weighted by molar-refractivity contribution is -0.155. The van der Waals surface area contributed by atoms with Gasteiger partial charge in [-0.05, 0) is 30.9 Å². The molecule has 0 spiro atoms. The van der Waals surface area contributed by atoms with Crippen LogP contribution >= 0.6 is 0 Å². The van der Waals surface area contributed by atoms with Crippen molar-refractivity contribution in [2.45, 2.75) is 19.8 Å². The first kappa shape index (κ1) is 10.9. The van der Waals surface area contributed by atoms with Crippen LogP contribution in [0.5, 0.6) is 0 Å². The Balaban J connectivity index is 2.06. The molecule has 0 saturated carbocycles. The van der Waals surface area contributed by atoms with Crippen LogP contribution in [0, 0.1) is 5.92 Å². The van der Waals surface area contributed by atoms with Crippen molar-refractivity contribution in [1.82, 2.24) is 0 Å². The summed E-state index contributed by atoms with van der Waals surface area (Å²) in [4.78, 5) is 23.0. The number of hydrogen-bond acceptors (Lipinski definition) is 3. The monoisotopic (exact) mass is 218 g/mol. The third-order valence-corrected chi connectivity index (χ3v) is 2.90. The average molecular weight is 218 g/mol. The fourth-order valence-corrected chi connectivity index (χ4v) is 2.11. The second-order valence-corrected chi connectivity index (χ2v) is 3.96. The van der Waals surface area contributed by atoms with Crippen LogP contribution in [0.2, 0.25) is 0 Å². The van der Waals surface area contributed by atoms with Gasteiger partial charge in [0.25, 0.3) is 0 Å². The molecule has 0 fully saturated rings. The second-order valence-electron chi connectivity index (χ2n) is 3.96. The number of Topliss-reactive ketones (excluding diaryl/α,β-unsaturated/α-hetero) is 1. The van der Waals surface area contributed by atoms with Crippen LogP contribution < -0.4 is 0 Å². The highest BCUT2D eigenvalue weighted by atomic mass is 16.5. The van der Waals surface area contributed by atoms with Crippen molar-refractivity contribution in [2.24, 2.45) is 5.92 Å². The van der Waals surface area contributed by atoms with Crippen LogP contribution in [0.1, 0.15) is 18.1 Å².